The lowest BCUT2D eigenvalue weighted by atomic mass is 10.1. The fourth-order valence-electron chi connectivity index (χ4n) is 4.25. The van der Waals surface area contributed by atoms with Crippen molar-refractivity contribution in [3.05, 3.63) is 109 Å². The van der Waals surface area contributed by atoms with Crippen LogP contribution in [0.2, 0.25) is 0 Å². The molecule has 0 unspecified atom stereocenters. The Labute approximate surface area is 209 Å². The molecule has 0 saturated heterocycles. The first-order valence-corrected chi connectivity index (χ1v) is 12.0. The number of anilines is 1. The molecule has 0 aliphatic carbocycles. The molecule has 180 valence electrons. The van der Waals surface area contributed by atoms with Crippen molar-refractivity contribution in [1.29, 1.82) is 0 Å². The summed E-state index contributed by atoms with van der Waals surface area (Å²) in [5, 5.41) is 2.85. The maximum absolute atomic E-state index is 13.2. The van der Waals surface area contributed by atoms with Crippen molar-refractivity contribution < 1.29 is 13.9 Å². The van der Waals surface area contributed by atoms with Crippen LogP contribution in [0.3, 0.4) is 0 Å². The molecule has 0 aliphatic heterocycles. The highest BCUT2D eigenvalue weighted by Gasteiger charge is 2.16. The van der Waals surface area contributed by atoms with Gasteiger partial charge in [0.15, 0.2) is 0 Å². The standard InChI is InChI=1S/C30H26FN3O2/c1-2-36-26-10-6-9-22(19-26)23-11-17-28-33-30(21-7-4-3-5-8-21)27(34(28)20-23)16-18-29(35)32-25-14-12-24(31)13-15-25/h3-15,17,19-20H,2,16,18H2,1H3,(H,32,35). The Hall–Kier alpha value is -4.45. The van der Waals surface area contributed by atoms with E-state index in [9.17, 15) is 9.18 Å². The monoisotopic (exact) mass is 479 g/mol. The zero-order valence-corrected chi connectivity index (χ0v) is 19.9. The minimum Gasteiger partial charge on any atom is -0.494 e. The van der Waals surface area contributed by atoms with Gasteiger partial charge >= 0.3 is 0 Å². The normalized spacial score (nSPS) is 10.9. The third-order valence-electron chi connectivity index (χ3n) is 5.96. The number of carbonyl (C=O) groups is 1. The fourth-order valence-corrected chi connectivity index (χ4v) is 4.25. The summed E-state index contributed by atoms with van der Waals surface area (Å²) in [6.07, 6.45) is 2.81. The number of hydrogen-bond acceptors (Lipinski definition) is 3. The predicted octanol–water partition coefficient (Wildman–Crippen LogP) is 6.78. The molecule has 2 aromatic heterocycles. The van der Waals surface area contributed by atoms with E-state index >= 15 is 0 Å². The Balaban J connectivity index is 1.49. The van der Waals surface area contributed by atoms with Crippen molar-refractivity contribution in [2.75, 3.05) is 11.9 Å². The summed E-state index contributed by atoms with van der Waals surface area (Å²) in [7, 11) is 0. The number of rotatable bonds is 8. The van der Waals surface area contributed by atoms with Crippen molar-refractivity contribution in [2.45, 2.75) is 19.8 Å². The molecule has 5 aromatic rings. The summed E-state index contributed by atoms with van der Waals surface area (Å²) in [5.41, 5.74) is 6.25. The molecular formula is C30H26FN3O2. The highest BCUT2D eigenvalue weighted by atomic mass is 19.1. The molecule has 1 amide bonds. The number of nitrogens with one attached hydrogen (secondary N) is 1. The summed E-state index contributed by atoms with van der Waals surface area (Å²) in [4.78, 5) is 17.6. The van der Waals surface area contributed by atoms with Gasteiger partial charge < -0.3 is 14.5 Å². The van der Waals surface area contributed by atoms with Crippen LogP contribution in [0.15, 0.2) is 97.2 Å². The molecule has 0 aliphatic rings. The number of nitrogens with zero attached hydrogens (tertiary/aromatic N) is 2. The molecule has 0 bridgehead atoms. The van der Waals surface area contributed by atoms with E-state index in [-0.39, 0.29) is 18.1 Å². The predicted molar refractivity (Wildman–Crippen MR) is 141 cm³/mol. The van der Waals surface area contributed by atoms with Crippen molar-refractivity contribution in [1.82, 2.24) is 9.38 Å². The van der Waals surface area contributed by atoms with Crippen LogP contribution in [0.4, 0.5) is 10.1 Å². The molecular weight excluding hydrogens is 453 g/mol. The number of carbonyl (C=O) groups excluding carboxylic acids is 1. The SMILES string of the molecule is CCOc1cccc(-c2ccc3nc(-c4ccccc4)c(CCC(=O)Nc4ccc(F)cc4)n3c2)c1. The molecule has 5 nitrogen and oxygen atoms in total. The molecule has 0 atom stereocenters. The number of benzene rings is 3. The maximum atomic E-state index is 13.2. The van der Waals surface area contributed by atoms with Gasteiger partial charge in [0.1, 0.15) is 17.2 Å². The fraction of sp³-hybridized carbons (Fsp3) is 0.133. The summed E-state index contributed by atoms with van der Waals surface area (Å²) < 4.78 is 20.9. The molecule has 0 saturated carbocycles. The van der Waals surface area contributed by atoms with Crippen LogP contribution in [-0.2, 0) is 11.2 Å². The summed E-state index contributed by atoms with van der Waals surface area (Å²) in [6.45, 7) is 2.57. The van der Waals surface area contributed by atoms with Gasteiger partial charge in [0.25, 0.3) is 0 Å². The third-order valence-corrected chi connectivity index (χ3v) is 5.96. The van der Waals surface area contributed by atoms with E-state index in [2.05, 4.69) is 22.0 Å². The molecule has 36 heavy (non-hydrogen) atoms. The largest absolute Gasteiger partial charge is 0.494 e. The van der Waals surface area contributed by atoms with Crippen LogP contribution < -0.4 is 10.1 Å². The molecule has 0 spiro atoms. The first-order chi connectivity index (χ1) is 17.6. The zero-order valence-electron chi connectivity index (χ0n) is 19.9. The highest BCUT2D eigenvalue weighted by Crippen LogP contribution is 2.29. The van der Waals surface area contributed by atoms with Gasteiger partial charge in [0.2, 0.25) is 5.91 Å². The molecule has 1 N–H and O–H groups in total. The first kappa shape index (κ1) is 23.3. The van der Waals surface area contributed by atoms with E-state index in [1.165, 1.54) is 12.1 Å². The number of fused-ring (bicyclic) bond motifs is 1. The van der Waals surface area contributed by atoms with E-state index in [1.54, 1.807) is 12.1 Å². The Kier molecular flexibility index (Phi) is 6.76. The average Bonchev–Trinajstić information content (AvgIpc) is 3.27. The van der Waals surface area contributed by atoms with Crippen molar-refractivity contribution >= 4 is 17.2 Å². The lowest BCUT2D eigenvalue weighted by molar-refractivity contribution is -0.116. The summed E-state index contributed by atoms with van der Waals surface area (Å²) in [6, 6.07) is 27.8. The average molecular weight is 480 g/mol. The van der Waals surface area contributed by atoms with Gasteiger partial charge in [-0.15, -0.1) is 0 Å². The minimum atomic E-state index is -0.339. The highest BCUT2D eigenvalue weighted by molar-refractivity contribution is 5.91. The number of pyridine rings is 1. The molecule has 0 fully saturated rings. The van der Waals surface area contributed by atoms with Crippen LogP contribution in [0, 0.1) is 5.82 Å². The van der Waals surface area contributed by atoms with Crippen molar-refractivity contribution in [3.63, 3.8) is 0 Å². The van der Waals surface area contributed by atoms with E-state index in [1.807, 2.05) is 67.6 Å². The second-order valence-electron chi connectivity index (χ2n) is 8.44. The van der Waals surface area contributed by atoms with E-state index in [4.69, 9.17) is 9.72 Å². The first-order valence-electron chi connectivity index (χ1n) is 12.0. The minimum absolute atomic E-state index is 0.142. The number of hydrogen-bond donors (Lipinski definition) is 1. The Morgan fingerprint density at radius 1 is 0.917 bits per heavy atom. The topological polar surface area (TPSA) is 55.6 Å². The van der Waals surface area contributed by atoms with Gasteiger partial charge in [0.05, 0.1) is 18.0 Å². The molecule has 5 rings (SSSR count). The van der Waals surface area contributed by atoms with Gasteiger partial charge in [0, 0.05) is 23.9 Å². The van der Waals surface area contributed by atoms with Gasteiger partial charge in [-0.05, 0) is 73.0 Å². The molecule has 0 radical (unpaired) electrons. The van der Waals surface area contributed by atoms with Crippen LogP contribution in [0.25, 0.3) is 28.0 Å². The number of aromatic nitrogens is 2. The lowest BCUT2D eigenvalue weighted by Gasteiger charge is -2.10. The van der Waals surface area contributed by atoms with E-state index < -0.39 is 0 Å². The van der Waals surface area contributed by atoms with Crippen LogP contribution >= 0.6 is 0 Å². The Morgan fingerprint density at radius 3 is 2.47 bits per heavy atom. The maximum Gasteiger partial charge on any atom is 0.224 e. The summed E-state index contributed by atoms with van der Waals surface area (Å²) >= 11 is 0. The van der Waals surface area contributed by atoms with Crippen LogP contribution in [0.1, 0.15) is 19.0 Å². The molecule has 6 heteroatoms. The van der Waals surface area contributed by atoms with E-state index in [0.29, 0.717) is 18.7 Å². The third kappa shape index (κ3) is 5.13. The van der Waals surface area contributed by atoms with Gasteiger partial charge in [-0.3, -0.25) is 4.79 Å². The van der Waals surface area contributed by atoms with Crippen molar-refractivity contribution in [3.8, 4) is 28.1 Å². The van der Waals surface area contributed by atoms with E-state index in [0.717, 1.165) is 39.5 Å². The van der Waals surface area contributed by atoms with Crippen LogP contribution in [0.5, 0.6) is 5.75 Å². The molecule has 3 aromatic carbocycles. The van der Waals surface area contributed by atoms with Gasteiger partial charge in [-0.1, -0.05) is 42.5 Å². The number of ether oxygens (including phenoxy) is 1. The quantitative estimate of drug-likeness (QED) is 0.267. The van der Waals surface area contributed by atoms with Crippen LogP contribution in [-0.4, -0.2) is 21.9 Å². The van der Waals surface area contributed by atoms with Gasteiger partial charge in [-0.25, -0.2) is 9.37 Å². The second kappa shape index (κ2) is 10.4. The number of halogens is 1. The molecule has 2 heterocycles. The second-order valence-corrected chi connectivity index (χ2v) is 8.44. The lowest BCUT2D eigenvalue weighted by Crippen LogP contribution is -2.13. The summed E-state index contributed by atoms with van der Waals surface area (Å²) in [5.74, 6) is 0.341. The number of aryl methyl sites for hydroxylation is 1. The number of amides is 1. The van der Waals surface area contributed by atoms with Gasteiger partial charge in [-0.2, -0.15) is 0 Å². The Bertz CT molecular complexity index is 1490. The number of imidazole rings is 1. The zero-order chi connectivity index (χ0) is 24.9. The smallest absolute Gasteiger partial charge is 0.224 e. The Morgan fingerprint density at radius 2 is 1.69 bits per heavy atom. The van der Waals surface area contributed by atoms with Crippen molar-refractivity contribution in [2.24, 2.45) is 0 Å².